The van der Waals surface area contributed by atoms with Gasteiger partial charge >= 0.3 is 0 Å². The van der Waals surface area contributed by atoms with E-state index in [0.29, 0.717) is 29.9 Å². The number of rotatable bonds is 7. The van der Waals surface area contributed by atoms with Gasteiger partial charge in [-0.2, -0.15) is 0 Å². The average molecular weight is 506 g/mol. The van der Waals surface area contributed by atoms with Crippen LogP contribution in [0.5, 0.6) is 0 Å². The van der Waals surface area contributed by atoms with Crippen molar-refractivity contribution in [3.63, 3.8) is 0 Å². The van der Waals surface area contributed by atoms with Crippen LogP contribution < -0.4 is 14.5 Å². The van der Waals surface area contributed by atoms with Crippen molar-refractivity contribution in [2.75, 3.05) is 27.3 Å². The summed E-state index contributed by atoms with van der Waals surface area (Å²) in [5.41, 5.74) is 6.07. The normalized spacial score (nSPS) is 13.7. The lowest BCUT2D eigenvalue weighted by atomic mass is 10.1. The van der Waals surface area contributed by atoms with E-state index in [1.54, 1.807) is 29.2 Å². The number of sulfonamides is 1. The molecule has 188 valence electrons. The molecule has 0 bridgehead atoms. The second-order valence-corrected chi connectivity index (χ2v) is 11.2. The van der Waals surface area contributed by atoms with Crippen LogP contribution in [-0.2, 0) is 21.4 Å². The van der Waals surface area contributed by atoms with Gasteiger partial charge in [-0.1, -0.05) is 36.4 Å². The van der Waals surface area contributed by atoms with E-state index in [9.17, 15) is 18.0 Å². The smallest absolute Gasteiger partial charge is 0.255 e. The fraction of sp³-hybridized carbons (Fsp3) is 0.286. The van der Waals surface area contributed by atoms with Crippen LogP contribution in [0.15, 0.2) is 60.7 Å². The zero-order valence-electron chi connectivity index (χ0n) is 21.0. The maximum atomic E-state index is 12.9. The molecule has 2 amide bonds. The fourth-order valence-corrected chi connectivity index (χ4v) is 5.58. The van der Waals surface area contributed by atoms with E-state index in [1.807, 2.05) is 57.2 Å². The average Bonchev–Trinajstić information content (AvgIpc) is 3.25. The van der Waals surface area contributed by atoms with Crippen molar-refractivity contribution < 1.29 is 18.0 Å². The van der Waals surface area contributed by atoms with Crippen molar-refractivity contribution in [3.05, 3.63) is 88.5 Å². The van der Waals surface area contributed by atoms with E-state index in [4.69, 9.17) is 0 Å². The van der Waals surface area contributed by atoms with Crippen LogP contribution in [0.3, 0.4) is 0 Å². The third kappa shape index (κ3) is 5.44. The summed E-state index contributed by atoms with van der Waals surface area (Å²) in [6, 6.07) is 18.2. The van der Waals surface area contributed by atoms with Gasteiger partial charge < -0.3 is 10.2 Å². The number of carbonyl (C=O) groups is 2. The lowest BCUT2D eigenvalue weighted by Gasteiger charge is -2.26. The largest absolute Gasteiger partial charge is 0.322 e. The quantitative estimate of drug-likeness (QED) is 0.492. The predicted octanol–water partition coefficient (Wildman–Crippen LogP) is 4.96. The molecule has 1 saturated heterocycles. The Bertz CT molecular complexity index is 1390. The number of amides is 2. The van der Waals surface area contributed by atoms with Crippen LogP contribution in [0.25, 0.3) is 0 Å². The molecule has 0 saturated carbocycles. The Morgan fingerprint density at radius 3 is 2.22 bits per heavy atom. The highest BCUT2D eigenvalue weighted by Crippen LogP contribution is 2.30. The van der Waals surface area contributed by atoms with Crippen molar-refractivity contribution in [1.82, 2.24) is 0 Å². The summed E-state index contributed by atoms with van der Waals surface area (Å²) in [4.78, 5) is 26.8. The molecule has 4 rings (SSSR count). The summed E-state index contributed by atoms with van der Waals surface area (Å²) in [6.45, 7) is 6.58. The van der Waals surface area contributed by atoms with Gasteiger partial charge in [-0.25, -0.2) is 8.42 Å². The summed E-state index contributed by atoms with van der Waals surface area (Å²) < 4.78 is 26.6. The zero-order chi connectivity index (χ0) is 26.0. The van der Waals surface area contributed by atoms with E-state index in [-0.39, 0.29) is 18.4 Å². The molecule has 0 atom stereocenters. The Morgan fingerprint density at radius 1 is 0.972 bits per heavy atom. The van der Waals surface area contributed by atoms with E-state index < -0.39 is 10.0 Å². The van der Waals surface area contributed by atoms with Crippen LogP contribution in [-0.4, -0.2) is 33.0 Å². The number of hydrogen-bond donors (Lipinski definition) is 1. The highest BCUT2D eigenvalue weighted by atomic mass is 32.2. The third-order valence-electron chi connectivity index (χ3n) is 6.46. The van der Waals surface area contributed by atoms with Crippen LogP contribution in [0.2, 0.25) is 0 Å². The zero-order valence-corrected chi connectivity index (χ0v) is 21.9. The first-order chi connectivity index (χ1) is 17.0. The van der Waals surface area contributed by atoms with Gasteiger partial charge in [-0.3, -0.25) is 13.9 Å². The molecule has 1 heterocycles. The number of nitrogens with zero attached hydrogens (tertiary/aromatic N) is 2. The molecule has 0 aliphatic carbocycles. The molecular weight excluding hydrogens is 474 g/mol. The van der Waals surface area contributed by atoms with Gasteiger partial charge in [0.2, 0.25) is 15.9 Å². The molecule has 7 nitrogen and oxygen atoms in total. The molecule has 1 aliphatic rings. The molecule has 3 aromatic rings. The molecule has 0 unspecified atom stereocenters. The summed E-state index contributed by atoms with van der Waals surface area (Å²) in [7, 11) is -3.52. The van der Waals surface area contributed by atoms with Gasteiger partial charge in [0.15, 0.2) is 0 Å². The van der Waals surface area contributed by atoms with Gasteiger partial charge in [0, 0.05) is 29.9 Å². The number of aryl methyl sites for hydroxylation is 3. The van der Waals surface area contributed by atoms with E-state index >= 15 is 0 Å². The third-order valence-corrected chi connectivity index (χ3v) is 7.58. The number of carbonyl (C=O) groups excluding carboxylic acids is 2. The lowest BCUT2D eigenvalue weighted by molar-refractivity contribution is -0.117. The van der Waals surface area contributed by atoms with Gasteiger partial charge in [0.25, 0.3) is 5.91 Å². The molecule has 3 aromatic carbocycles. The molecular formula is C28H31N3O4S. The predicted molar refractivity (Wildman–Crippen MR) is 144 cm³/mol. The second-order valence-electron chi connectivity index (χ2n) is 9.31. The standard InChI is InChI=1S/C28H31N3O4S/c1-19-10-15-24(17-25(19)30-16-6-9-26(30)32)29-28(33)23-13-11-22(12-14-23)18-31(36(4,34)35)27-20(2)7-5-8-21(27)3/h5,7-8,10-15,17H,6,9,16,18H2,1-4H3,(H,29,33). The molecule has 0 aromatic heterocycles. The Labute approximate surface area is 212 Å². The lowest BCUT2D eigenvalue weighted by Crippen LogP contribution is -2.30. The van der Waals surface area contributed by atoms with Crippen LogP contribution >= 0.6 is 0 Å². The highest BCUT2D eigenvalue weighted by Gasteiger charge is 2.24. The Kier molecular flexibility index (Phi) is 7.17. The van der Waals surface area contributed by atoms with E-state index in [2.05, 4.69) is 5.32 Å². The molecule has 1 aliphatic heterocycles. The molecule has 0 radical (unpaired) electrons. The summed E-state index contributed by atoms with van der Waals surface area (Å²) in [6.07, 6.45) is 2.58. The van der Waals surface area contributed by atoms with Crippen molar-refractivity contribution in [1.29, 1.82) is 0 Å². The van der Waals surface area contributed by atoms with E-state index in [0.717, 1.165) is 34.4 Å². The Morgan fingerprint density at radius 2 is 1.64 bits per heavy atom. The summed E-state index contributed by atoms with van der Waals surface area (Å²) in [5, 5.41) is 2.91. The van der Waals surface area contributed by atoms with Gasteiger partial charge in [0.05, 0.1) is 18.5 Å². The number of hydrogen-bond acceptors (Lipinski definition) is 4. The Balaban J connectivity index is 1.51. The topological polar surface area (TPSA) is 86.8 Å². The number of para-hydroxylation sites is 1. The summed E-state index contributed by atoms with van der Waals surface area (Å²) in [5.74, 6) is -0.181. The summed E-state index contributed by atoms with van der Waals surface area (Å²) >= 11 is 0. The van der Waals surface area contributed by atoms with Gasteiger partial charge in [0.1, 0.15) is 0 Å². The minimum Gasteiger partial charge on any atom is -0.322 e. The van der Waals surface area contributed by atoms with Crippen molar-refractivity contribution >= 4 is 38.9 Å². The van der Waals surface area contributed by atoms with Crippen LogP contribution in [0.1, 0.15) is 45.5 Å². The van der Waals surface area contributed by atoms with Gasteiger partial charge in [-0.05, 0) is 73.7 Å². The monoisotopic (exact) mass is 505 g/mol. The van der Waals surface area contributed by atoms with E-state index in [1.165, 1.54) is 10.6 Å². The molecule has 0 spiro atoms. The first-order valence-corrected chi connectivity index (χ1v) is 13.7. The van der Waals surface area contributed by atoms with Gasteiger partial charge in [-0.15, -0.1) is 0 Å². The van der Waals surface area contributed by atoms with Crippen molar-refractivity contribution in [3.8, 4) is 0 Å². The minimum atomic E-state index is -3.52. The number of benzene rings is 3. The maximum absolute atomic E-state index is 12.9. The minimum absolute atomic E-state index is 0.0983. The number of nitrogens with one attached hydrogen (secondary N) is 1. The molecule has 1 N–H and O–H groups in total. The molecule has 8 heteroatoms. The van der Waals surface area contributed by atoms with Crippen molar-refractivity contribution in [2.24, 2.45) is 0 Å². The molecule has 36 heavy (non-hydrogen) atoms. The van der Waals surface area contributed by atoms with Crippen LogP contribution in [0, 0.1) is 20.8 Å². The first kappa shape index (κ1) is 25.4. The van der Waals surface area contributed by atoms with Crippen LogP contribution in [0.4, 0.5) is 17.1 Å². The van der Waals surface area contributed by atoms with Crippen molar-refractivity contribution in [2.45, 2.75) is 40.2 Å². The first-order valence-electron chi connectivity index (χ1n) is 11.9. The highest BCUT2D eigenvalue weighted by molar-refractivity contribution is 7.92. The maximum Gasteiger partial charge on any atom is 0.255 e. The molecule has 1 fully saturated rings. The second kappa shape index (κ2) is 10.1. The fourth-order valence-electron chi connectivity index (χ4n) is 4.57. The number of anilines is 3. The SMILES string of the molecule is Cc1ccc(NC(=O)c2ccc(CN(c3c(C)cccc3C)S(C)(=O)=O)cc2)cc1N1CCCC1=O. The Hall–Kier alpha value is -3.65.